The molecular formula is C35H45N7O3. The van der Waals surface area contributed by atoms with Gasteiger partial charge in [0.25, 0.3) is 5.91 Å². The molecule has 7 rings (SSSR count). The summed E-state index contributed by atoms with van der Waals surface area (Å²) in [6, 6.07) is 16.6. The van der Waals surface area contributed by atoms with Crippen LogP contribution in [-0.4, -0.2) is 53.5 Å². The molecule has 1 atom stereocenters. The van der Waals surface area contributed by atoms with Crippen LogP contribution in [0.4, 0.5) is 4.79 Å². The Bertz CT molecular complexity index is 1830. The van der Waals surface area contributed by atoms with Crippen LogP contribution in [0.2, 0.25) is 0 Å². The molecule has 238 valence electrons. The Hall–Kier alpha value is -4.86. The largest absolute Gasteiger partial charge is 0.335 e. The second-order valence-electron chi connectivity index (χ2n) is 9.56. The SMILES string of the molecule is CC.CC.CC.CC.CN1C(=O)NC(=O)C12Cc1cc3ncc(Cn4c(=O)n(-c5ccccn5)c5ccccc54)nc3cc1C2. The standard InChI is InChI=1S/C27H21N7O3.4C2H6/c1-32-25(36)31-24(35)27(32)12-16-10-19-20(11-17(16)13-27)30-18(14-29-19)15-33-21-6-2-3-7-22(21)34(26(33)37)23-8-4-5-9-28-23;4*1-2/h2-11,14H,12-13,15H2,1H3,(H,31,35,36);4*1-2H3. The summed E-state index contributed by atoms with van der Waals surface area (Å²) in [5, 5.41) is 2.42. The number of nitrogens with zero attached hydrogens (tertiary/aromatic N) is 6. The number of imide groups is 1. The van der Waals surface area contributed by atoms with E-state index in [9.17, 15) is 14.4 Å². The lowest BCUT2D eigenvalue weighted by Gasteiger charge is -2.27. The number of aromatic nitrogens is 5. The Labute approximate surface area is 265 Å². The van der Waals surface area contributed by atoms with Crippen LogP contribution in [0.25, 0.3) is 27.9 Å². The Morgan fingerprint density at radius 3 is 1.96 bits per heavy atom. The first-order valence-electron chi connectivity index (χ1n) is 15.9. The average molecular weight is 612 g/mol. The van der Waals surface area contributed by atoms with Gasteiger partial charge in [0, 0.05) is 26.1 Å². The van der Waals surface area contributed by atoms with E-state index in [1.54, 1.807) is 34.6 Å². The lowest BCUT2D eigenvalue weighted by atomic mass is 9.95. The fraction of sp³-hybridized carbons (Fsp3) is 0.371. The van der Waals surface area contributed by atoms with E-state index in [2.05, 4.69) is 15.3 Å². The van der Waals surface area contributed by atoms with Crippen LogP contribution in [0.1, 0.15) is 72.2 Å². The smallest absolute Gasteiger partial charge is 0.312 e. The Balaban J connectivity index is 0.000000642. The number of nitrogens with one attached hydrogen (secondary N) is 1. The zero-order valence-electron chi connectivity index (χ0n) is 27.9. The predicted molar refractivity (Wildman–Crippen MR) is 181 cm³/mol. The highest BCUT2D eigenvalue weighted by molar-refractivity contribution is 6.07. The van der Waals surface area contributed by atoms with Gasteiger partial charge in [-0.2, -0.15) is 0 Å². The second-order valence-corrected chi connectivity index (χ2v) is 9.56. The quantitative estimate of drug-likeness (QED) is 0.239. The third-order valence-corrected chi connectivity index (χ3v) is 7.50. The summed E-state index contributed by atoms with van der Waals surface area (Å²) >= 11 is 0. The number of para-hydroxylation sites is 2. The highest BCUT2D eigenvalue weighted by atomic mass is 16.2. The third kappa shape index (κ3) is 6.22. The monoisotopic (exact) mass is 611 g/mol. The highest BCUT2D eigenvalue weighted by Crippen LogP contribution is 2.38. The van der Waals surface area contributed by atoms with E-state index in [1.165, 1.54) is 4.90 Å². The van der Waals surface area contributed by atoms with Crippen molar-refractivity contribution in [3.8, 4) is 5.82 Å². The first-order chi connectivity index (χ1) is 21.9. The molecule has 45 heavy (non-hydrogen) atoms. The van der Waals surface area contributed by atoms with Crippen LogP contribution in [0.3, 0.4) is 0 Å². The van der Waals surface area contributed by atoms with Gasteiger partial charge in [0.1, 0.15) is 11.4 Å². The molecule has 1 fully saturated rings. The van der Waals surface area contributed by atoms with E-state index < -0.39 is 5.54 Å². The zero-order chi connectivity index (χ0) is 33.3. The molecule has 0 radical (unpaired) electrons. The number of fused-ring (bicyclic) bond motifs is 3. The molecule has 10 heteroatoms. The van der Waals surface area contributed by atoms with Crippen molar-refractivity contribution in [3.05, 3.63) is 94.3 Å². The summed E-state index contributed by atoms with van der Waals surface area (Å²) in [5.74, 6) is 0.279. The van der Waals surface area contributed by atoms with Gasteiger partial charge < -0.3 is 4.90 Å². The minimum atomic E-state index is -0.903. The van der Waals surface area contributed by atoms with Crippen LogP contribution in [-0.2, 0) is 24.2 Å². The number of urea groups is 1. The van der Waals surface area contributed by atoms with E-state index in [0.717, 1.165) is 22.2 Å². The van der Waals surface area contributed by atoms with E-state index in [0.29, 0.717) is 35.4 Å². The number of pyridine rings is 1. The van der Waals surface area contributed by atoms with Gasteiger partial charge >= 0.3 is 11.7 Å². The molecule has 1 N–H and O–H groups in total. The van der Waals surface area contributed by atoms with Crippen molar-refractivity contribution >= 4 is 34.0 Å². The molecule has 0 saturated carbocycles. The number of benzene rings is 2. The first kappa shape index (κ1) is 34.6. The molecule has 4 heterocycles. The third-order valence-electron chi connectivity index (χ3n) is 7.50. The van der Waals surface area contributed by atoms with E-state index >= 15 is 0 Å². The molecule has 2 aliphatic rings. The minimum absolute atomic E-state index is 0.211. The summed E-state index contributed by atoms with van der Waals surface area (Å²) in [7, 11) is 1.65. The van der Waals surface area contributed by atoms with Crippen molar-refractivity contribution in [1.29, 1.82) is 0 Å². The summed E-state index contributed by atoms with van der Waals surface area (Å²) in [5.41, 5.74) is 4.40. The van der Waals surface area contributed by atoms with Crippen LogP contribution >= 0.6 is 0 Å². The van der Waals surface area contributed by atoms with E-state index in [1.807, 2.05) is 104 Å². The number of likely N-dealkylation sites (N-methyl/N-ethyl adjacent to an activating group) is 1. The molecular weight excluding hydrogens is 566 g/mol. The zero-order valence-corrected chi connectivity index (χ0v) is 27.9. The summed E-state index contributed by atoms with van der Waals surface area (Å²) in [4.78, 5) is 53.5. The van der Waals surface area contributed by atoms with Crippen molar-refractivity contribution in [2.75, 3.05) is 7.05 Å². The van der Waals surface area contributed by atoms with Gasteiger partial charge in [0.2, 0.25) is 0 Å². The summed E-state index contributed by atoms with van der Waals surface area (Å²) in [6.45, 7) is 16.2. The summed E-state index contributed by atoms with van der Waals surface area (Å²) < 4.78 is 3.27. The van der Waals surface area contributed by atoms with Crippen molar-refractivity contribution in [3.63, 3.8) is 0 Å². The van der Waals surface area contributed by atoms with Gasteiger partial charge in [-0.15, -0.1) is 0 Å². The fourth-order valence-corrected chi connectivity index (χ4v) is 5.55. The molecule has 0 bridgehead atoms. The Morgan fingerprint density at radius 1 is 0.778 bits per heavy atom. The molecule has 3 amide bonds. The van der Waals surface area contributed by atoms with Crippen LogP contribution in [0.15, 0.2) is 71.8 Å². The maximum atomic E-state index is 13.5. The molecule has 3 aromatic heterocycles. The van der Waals surface area contributed by atoms with E-state index in [-0.39, 0.29) is 24.2 Å². The lowest BCUT2D eigenvalue weighted by Crippen LogP contribution is -2.48. The predicted octanol–water partition coefficient (Wildman–Crippen LogP) is 6.30. The van der Waals surface area contributed by atoms with Gasteiger partial charge in [-0.05, 0) is 47.5 Å². The Kier molecular flexibility index (Phi) is 11.7. The molecule has 10 nitrogen and oxygen atoms in total. The van der Waals surface area contributed by atoms with Crippen LogP contribution < -0.4 is 11.0 Å². The molecule has 1 spiro atoms. The molecule has 1 aliphatic heterocycles. The van der Waals surface area contributed by atoms with Crippen molar-refractivity contribution in [1.82, 2.24) is 34.3 Å². The maximum absolute atomic E-state index is 13.5. The van der Waals surface area contributed by atoms with Gasteiger partial charge in [-0.3, -0.25) is 19.7 Å². The van der Waals surface area contributed by atoms with Gasteiger partial charge in [0.15, 0.2) is 0 Å². The number of hydrogen-bond acceptors (Lipinski definition) is 6. The Morgan fingerprint density at radius 2 is 1.38 bits per heavy atom. The average Bonchev–Trinajstić information content (AvgIpc) is 3.68. The number of imidazole rings is 1. The first-order valence-corrected chi connectivity index (χ1v) is 15.9. The van der Waals surface area contributed by atoms with Crippen molar-refractivity contribution in [2.24, 2.45) is 0 Å². The molecule has 1 aliphatic carbocycles. The van der Waals surface area contributed by atoms with Gasteiger partial charge in [-0.25, -0.2) is 24.1 Å². The number of carbonyl (C=O) groups is 2. The minimum Gasteiger partial charge on any atom is -0.312 e. The number of rotatable bonds is 3. The number of amides is 3. The van der Waals surface area contributed by atoms with Crippen LogP contribution in [0.5, 0.6) is 0 Å². The van der Waals surface area contributed by atoms with Gasteiger partial charge in [-0.1, -0.05) is 73.6 Å². The molecule has 1 unspecified atom stereocenters. The van der Waals surface area contributed by atoms with Crippen molar-refractivity contribution < 1.29 is 9.59 Å². The number of carbonyl (C=O) groups excluding carboxylic acids is 2. The lowest BCUT2D eigenvalue weighted by molar-refractivity contribution is -0.125. The second kappa shape index (κ2) is 15.2. The fourth-order valence-electron chi connectivity index (χ4n) is 5.55. The van der Waals surface area contributed by atoms with Gasteiger partial charge in [0.05, 0.1) is 40.5 Å². The topological polar surface area (TPSA) is 115 Å². The summed E-state index contributed by atoms with van der Waals surface area (Å²) in [6.07, 6.45) is 4.21. The van der Waals surface area contributed by atoms with Crippen LogP contribution in [0, 0.1) is 0 Å². The normalized spacial score (nSPS) is 16.0. The highest BCUT2D eigenvalue weighted by Gasteiger charge is 2.54. The van der Waals surface area contributed by atoms with Crippen molar-refractivity contribution in [2.45, 2.75) is 80.3 Å². The molecule has 5 aromatic rings. The number of hydrogen-bond donors (Lipinski definition) is 1. The molecule has 1 saturated heterocycles. The maximum Gasteiger partial charge on any atom is 0.335 e. The molecule has 2 aromatic carbocycles. The van der Waals surface area contributed by atoms with E-state index in [4.69, 9.17) is 4.98 Å².